The predicted molar refractivity (Wildman–Crippen MR) is 124 cm³/mol. The molecule has 0 aromatic heterocycles. The number of nitrogens with zero attached hydrogens (tertiary/aromatic N) is 1. The lowest BCUT2D eigenvalue weighted by atomic mass is 9.63. The van der Waals surface area contributed by atoms with Crippen molar-refractivity contribution in [3.8, 4) is 6.07 Å². The summed E-state index contributed by atoms with van der Waals surface area (Å²) < 4.78 is 61.0. The Morgan fingerprint density at radius 1 is 1.11 bits per heavy atom. The lowest BCUT2D eigenvalue weighted by Gasteiger charge is -2.37. The molecular weight excluding hydrogens is 523 g/mol. The fourth-order valence-electron chi connectivity index (χ4n) is 4.51. The van der Waals surface area contributed by atoms with Crippen molar-refractivity contribution in [2.45, 2.75) is 56.8 Å². The molecule has 4 unspecified atom stereocenters. The van der Waals surface area contributed by atoms with Gasteiger partial charge in [-0.2, -0.15) is 18.4 Å². The largest absolute Gasteiger partial charge is 0.490 e. The average molecular weight is 547 g/mol. The number of hydrogen-bond donors (Lipinski definition) is 3. The third kappa shape index (κ3) is 6.76. The van der Waals surface area contributed by atoms with Crippen LogP contribution in [0, 0.1) is 28.4 Å². The molecule has 37 heavy (non-hydrogen) atoms. The van der Waals surface area contributed by atoms with Crippen LogP contribution < -0.4 is 5.32 Å². The number of nitrogens with one attached hydrogen (secondary N) is 1. The average Bonchev–Trinajstić information content (AvgIpc) is 3.07. The molecular formula is C25H24ClF5N2O4. The molecule has 0 spiro atoms. The van der Waals surface area contributed by atoms with E-state index < -0.39 is 53.2 Å². The van der Waals surface area contributed by atoms with Crippen LogP contribution in [-0.4, -0.2) is 40.4 Å². The number of aliphatic carboxylic acids is 2. The SMILES string of the molecule is CC(C)(C)CC1NC(C(=O)O)C(c2cccc(F)c2)C1(C#N)c1ccc(Cl)cc1F.O=C(O)C(F)(F)F. The fourth-order valence-corrected chi connectivity index (χ4v) is 4.67. The van der Waals surface area contributed by atoms with Crippen molar-refractivity contribution in [2.75, 3.05) is 0 Å². The van der Waals surface area contributed by atoms with Crippen LogP contribution in [0.5, 0.6) is 0 Å². The Labute approximate surface area is 214 Å². The van der Waals surface area contributed by atoms with Crippen LogP contribution in [-0.2, 0) is 15.0 Å². The lowest BCUT2D eigenvalue weighted by Crippen LogP contribution is -2.44. The minimum atomic E-state index is -5.08. The molecule has 3 rings (SSSR count). The molecule has 6 nitrogen and oxygen atoms in total. The first-order valence-corrected chi connectivity index (χ1v) is 11.2. The van der Waals surface area contributed by atoms with Crippen LogP contribution in [0.15, 0.2) is 42.5 Å². The van der Waals surface area contributed by atoms with Crippen molar-refractivity contribution >= 4 is 23.5 Å². The molecule has 0 aliphatic carbocycles. The second kappa shape index (κ2) is 11.0. The Hall–Kier alpha value is -3.23. The Kier molecular flexibility index (Phi) is 8.94. The maximum Gasteiger partial charge on any atom is 0.490 e. The molecule has 0 bridgehead atoms. The number of alkyl halides is 3. The summed E-state index contributed by atoms with van der Waals surface area (Å²) in [5.74, 6) is -6.21. The van der Waals surface area contributed by atoms with Crippen molar-refractivity contribution in [3.63, 3.8) is 0 Å². The van der Waals surface area contributed by atoms with Crippen LogP contribution in [0.2, 0.25) is 5.02 Å². The van der Waals surface area contributed by atoms with E-state index >= 15 is 4.39 Å². The molecule has 0 amide bonds. The van der Waals surface area contributed by atoms with E-state index in [9.17, 15) is 32.7 Å². The molecule has 12 heteroatoms. The van der Waals surface area contributed by atoms with E-state index in [1.165, 1.54) is 30.3 Å². The maximum absolute atomic E-state index is 15.2. The van der Waals surface area contributed by atoms with Gasteiger partial charge < -0.3 is 10.2 Å². The van der Waals surface area contributed by atoms with Crippen LogP contribution >= 0.6 is 11.6 Å². The van der Waals surface area contributed by atoms with E-state index in [0.29, 0.717) is 12.0 Å². The normalized spacial score (nSPS) is 23.5. The number of carbonyl (C=O) groups is 2. The predicted octanol–water partition coefficient (Wildman–Crippen LogP) is 5.66. The van der Waals surface area contributed by atoms with E-state index in [4.69, 9.17) is 21.5 Å². The van der Waals surface area contributed by atoms with E-state index in [1.807, 2.05) is 20.8 Å². The highest BCUT2D eigenvalue weighted by molar-refractivity contribution is 6.30. The summed E-state index contributed by atoms with van der Waals surface area (Å²) in [6.45, 7) is 5.88. The number of hydrogen-bond acceptors (Lipinski definition) is 4. The summed E-state index contributed by atoms with van der Waals surface area (Å²) >= 11 is 5.93. The summed E-state index contributed by atoms with van der Waals surface area (Å²) in [5, 5.41) is 30.7. The van der Waals surface area contributed by atoms with Crippen LogP contribution in [0.3, 0.4) is 0 Å². The zero-order valence-corrected chi connectivity index (χ0v) is 20.7. The van der Waals surface area contributed by atoms with Crippen molar-refractivity contribution in [2.24, 2.45) is 5.41 Å². The highest BCUT2D eigenvalue weighted by Gasteiger charge is 2.60. The minimum Gasteiger partial charge on any atom is -0.480 e. The van der Waals surface area contributed by atoms with Crippen molar-refractivity contribution in [1.82, 2.24) is 5.32 Å². The molecule has 1 aliphatic heterocycles. The number of halogens is 6. The third-order valence-electron chi connectivity index (χ3n) is 5.85. The molecule has 1 aliphatic rings. The van der Waals surface area contributed by atoms with Gasteiger partial charge in [0.2, 0.25) is 0 Å². The molecule has 0 radical (unpaired) electrons. The molecule has 1 saturated heterocycles. The van der Waals surface area contributed by atoms with Gasteiger partial charge in [-0.1, -0.05) is 50.6 Å². The van der Waals surface area contributed by atoms with Crippen LogP contribution in [0.4, 0.5) is 22.0 Å². The second-order valence-corrected chi connectivity index (χ2v) is 10.2. The molecule has 1 fully saturated rings. The summed E-state index contributed by atoms with van der Waals surface area (Å²) in [4.78, 5) is 21.1. The van der Waals surface area contributed by atoms with Gasteiger partial charge in [0.05, 0.1) is 6.07 Å². The standard InChI is InChI=1S/C23H23ClF2N2O2.C2HF3O2/c1-22(2,3)11-18-23(12-27,16-8-7-14(24)10-17(16)26)19(20(28-18)21(29)30)13-5-4-6-15(25)9-13;3-2(4,5)1(6)7/h4-10,18-20,28H,11H2,1-3H3,(H,29,30);(H,6,7). The van der Waals surface area contributed by atoms with E-state index in [1.54, 1.807) is 6.07 Å². The molecule has 2 aromatic carbocycles. The molecule has 0 saturated carbocycles. The van der Waals surface area contributed by atoms with Gasteiger partial charge in [-0.05, 0) is 41.7 Å². The summed E-state index contributed by atoms with van der Waals surface area (Å²) in [5.41, 5.74) is -1.50. The summed E-state index contributed by atoms with van der Waals surface area (Å²) in [6.07, 6.45) is -4.68. The third-order valence-corrected chi connectivity index (χ3v) is 6.08. The van der Waals surface area contributed by atoms with Crippen molar-refractivity contribution in [3.05, 3.63) is 70.2 Å². The molecule has 3 N–H and O–H groups in total. The van der Waals surface area contributed by atoms with Gasteiger partial charge in [0, 0.05) is 22.5 Å². The van der Waals surface area contributed by atoms with Crippen molar-refractivity contribution in [1.29, 1.82) is 5.26 Å². The Balaban J connectivity index is 0.000000604. The Morgan fingerprint density at radius 3 is 2.14 bits per heavy atom. The number of benzene rings is 2. The van der Waals surface area contributed by atoms with Gasteiger partial charge in [0.15, 0.2) is 0 Å². The van der Waals surface area contributed by atoms with Crippen molar-refractivity contribution < 1.29 is 41.8 Å². The van der Waals surface area contributed by atoms with Crippen LogP contribution in [0.1, 0.15) is 44.2 Å². The van der Waals surface area contributed by atoms with Gasteiger partial charge in [-0.15, -0.1) is 0 Å². The van der Waals surface area contributed by atoms with Gasteiger partial charge in [0.25, 0.3) is 0 Å². The highest BCUT2D eigenvalue weighted by Crippen LogP contribution is 2.51. The number of nitriles is 1. The van der Waals surface area contributed by atoms with Gasteiger partial charge >= 0.3 is 18.1 Å². The summed E-state index contributed by atoms with van der Waals surface area (Å²) in [6, 6.07) is 9.86. The number of rotatable bonds is 4. The smallest absolute Gasteiger partial charge is 0.480 e. The second-order valence-electron chi connectivity index (χ2n) is 9.74. The quantitative estimate of drug-likeness (QED) is 0.427. The van der Waals surface area contributed by atoms with Gasteiger partial charge in [0.1, 0.15) is 23.1 Å². The molecule has 1 heterocycles. The number of carboxylic acids is 2. The molecule has 2 aromatic rings. The molecule has 200 valence electrons. The fraction of sp³-hybridized carbons (Fsp3) is 0.400. The first kappa shape index (κ1) is 30.0. The van der Waals surface area contributed by atoms with Gasteiger partial charge in [-0.25, -0.2) is 13.6 Å². The Bertz CT molecular complexity index is 1210. The highest BCUT2D eigenvalue weighted by atomic mass is 35.5. The van der Waals surface area contributed by atoms with E-state index in [0.717, 1.165) is 6.07 Å². The lowest BCUT2D eigenvalue weighted by molar-refractivity contribution is -0.192. The zero-order chi connectivity index (χ0) is 28.3. The van der Waals surface area contributed by atoms with Crippen LogP contribution in [0.25, 0.3) is 0 Å². The van der Waals surface area contributed by atoms with Gasteiger partial charge in [-0.3, -0.25) is 10.1 Å². The Morgan fingerprint density at radius 2 is 1.70 bits per heavy atom. The van der Waals surface area contributed by atoms with E-state index in [2.05, 4.69) is 11.4 Å². The zero-order valence-electron chi connectivity index (χ0n) is 19.9. The first-order chi connectivity index (χ1) is 16.9. The monoisotopic (exact) mass is 546 g/mol. The molecule has 4 atom stereocenters. The minimum absolute atomic E-state index is 0.0501. The first-order valence-electron chi connectivity index (χ1n) is 10.8. The maximum atomic E-state index is 15.2. The number of carboxylic acid groups (broad SMARTS) is 2. The topological polar surface area (TPSA) is 110 Å². The summed E-state index contributed by atoms with van der Waals surface area (Å²) in [7, 11) is 0. The van der Waals surface area contributed by atoms with E-state index in [-0.39, 0.29) is 16.0 Å².